The number of carbonyl (C=O) groups excluding carboxylic acids is 2. The maximum atomic E-state index is 12.1. The molecular weight excluding hydrogens is 230 g/mol. The summed E-state index contributed by atoms with van der Waals surface area (Å²) in [6.45, 7) is 1.04. The molecule has 0 saturated carbocycles. The van der Waals surface area contributed by atoms with Crippen LogP contribution in [-0.4, -0.2) is 48.8 Å². The van der Waals surface area contributed by atoms with Gasteiger partial charge in [0.2, 0.25) is 0 Å². The molecule has 0 unspecified atom stereocenters. The van der Waals surface area contributed by atoms with Crippen LogP contribution in [0.4, 0.5) is 5.82 Å². The van der Waals surface area contributed by atoms with Crippen LogP contribution in [-0.2, 0) is 4.79 Å². The molecule has 1 fully saturated rings. The van der Waals surface area contributed by atoms with Gasteiger partial charge in [-0.15, -0.1) is 0 Å². The molecule has 1 amide bonds. The lowest BCUT2D eigenvalue weighted by Gasteiger charge is -2.26. The zero-order chi connectivity index (χ0) is 13.1. The molecule has 0 aromatic carbocycles. The van der Waals surface area contributed by atoms with Crippen LogP contribution in [0.15, 0.2) is 18.3 Å². The van der Waals surface area contributed by atoms with E-state index in [4.69, 9.17) is 0 Å². The molecule has 18 heavy (non-hydrogen) atoms. The minimum absolute atomic E-state index is 0.0414. The van der Waals surface area contributed by atoms with Gasteiger partial charge in [-0.1, -0.05) is 0 Å². The number of hydrogen-bond donors (Lipinski definition) is 0. The van der Waals surface area contributed by atoms with Crippen LogP contribution in [0.5, 0.6) is 0 Å². The number of pyridine rings is 1. The van der Waals surface area contributed by atoms with E-state index in [2.05, 4.69) is 4.98 Å². The summed E-state index contributed by atoms with van der Waals surface area (Å²) in [5.74, 6) is 1.01. The van der Waals surface area contributed by atoms with E-state index < -0.39 is 0 Å². The van der Waals surface area contributed by atoms with Gasteiger partial charge in [-0.2, -0.15) is 0 Å². The van der Waals surface area contributed by atoms with E-state index in [1.165, 1.54) is 0 Å². The number of nitrogens with zero attached hydrogens (tertiary/aromatic N) is 3. The molecule has 1 aromatic heterocycles. The van der Waals surface area contributed by atoms with Gasteiger partial charge in [-0.3, -0.25) is 9.59 Å². The molecule has 0 aliphatic carbocycles. The predicted octanol–water partition coefficient (Wildman–Crippen LogP) is 0.953. The lowest BCUT2D eigenvalue weighted by molar-refractivity contribution is -0.120. The summed E-state index contributed by atoms with van der Waals surface area (Å²) < 4.78 is 0. The third-order valence-corrected chi connectivity index (χ3v) is 3.06. The maximum absolute atomic E-state index is 12.1. The Kier molecular flexibility index (Phi) is 3.60. The van der Waals surface area contributed by atoms with Crippen LogP contribution in [0.25, 0.3) is 0 Å². The fourth-order valence-corrected chi connectivity index (χ4v) is 1.92. The highest BCUT2D eigenvalue weighted by Gasteiger charge is 2.21. The first kappa shape index (κ1) is 12.5. The number of aromatic nitrogens is 1. The standard InChI is InChI=1S/C13H17N3O2/c1-15(2)12-4-3-10(9-14-12)13(18)16-7-5-11(17)6-8-16/h3-4,9H,5-8H2,1-2H3. The topological polar surface area (TPSA) is 53.5 Å². The molecule has 0 spiro atoms. The van der Waals surface area contributed by atoms with Crippen molar-refractivity contribution in [2.75, 3.05) is 32.1 Å². The largest absolute Gasteiger partial charge is 0.363 e. The smallest absolute Gasteiger partial charge is 0.255 e. The third kappa shape index (κ3) is 2.67. The zero-order valence-corrected chi connectivity index (χ0v) is 10.7. The van der Waals surface area contributed by atoms with Crippen LogP contribution >= 0.6 is 0 Å². The van der Waals surface area contributed by atoms with E-state index in [0.29, 0.717) is 31.5 Å². The van der Waals surface area contributed by atoms with Crippen LogP contribution in [0.1, 0.15) is 23.2 Å². The third-order valence-electron chi connectivity index (χ3n) is 3.06. The molecule has 1 aliphatic rings. The molecular formula is C13H17N3O2. The molecule has 96 valence electrons. The lowest BCUT2D eigenvalue weighted by Crippen LogP contribution is -2.38. The van der Waals surface area contributed by atoms with Gasteiger partial charge in [-0.05, 0) is 12.1 Å². The van der Waals surface area contributed by atoms with Crippen molar-refractivity contribution in [1.29, 1.82) is 0 Å². The van der Waals surface area contributed by atoms with Gasteiger partial charge >= 0.3 is 0 Å². The van der Waals surface area contributed by atoms with Crippen molar-refractivity contribution in [3.05, 3.63) is 23.9 Å². The highest BCUT2D eigenvalue weighted by Crippen LogP contribution is 2.13. The number of rotatable bonds is 2. The number of Topliss-reactive ketones (excluding diaryl/α,β-unsaturated/α-hetero) is 1. The summed E-state index contributed by atoms with van der Waals surface area (Å²) in [6, 6.07) is 3.60. The van der Waals surface area contributed by atoms with Crippen molar-refractivity contribution in [2.24, 2.45) is 0 Å². The first-order valence-corrected chi connectivity index (χ1v) is 6.02. The minimum atomic E-state index is -0.0414. The van der Waals surface area contributed by atoms with Crippen LogP contribution in [0.3, 0.4) is 0 Å². The Labute approximate surface area is 106 Å². The number of hydrogen-bond acceptors (Lipinski definition) is 4. The monoisotopic (exact) mass is 247 g/mol. The minimum Gasteiger partial charge on any atom is -0.363 e. The van der Waals surface area contributed by atoms with E-state index in [1.54, 1.807) is 17.2 Å². The molecule has 0 radical (unpaired) electrons. The molecule has 2 rings (SSSR count). The SMILES string of the molecule is CN(C)c1ccc(C(=O)N2CCC(=O)CC2)cn1. The summed E-state index contributed by atoms with van der Waals surface area (Å²) in [5.41, 5.74) is 0.579. The van der Waals surface area contributed by atoms with Gasteiger partial charge in [0.1, 0.15) is 11.6 Å². The maximum Gasteiger partial charge on any atom is 0.255 e. The quantitative estimate of drug-likeness (QED) is 0.781. The highest BCUT2D eigenvalue weighted by molar-refractivity contribution is 5.95. The zero-order valence-electron chi connectivity index (χ0n) is 10.7. The fourth-order valence-electron chi connectivity index (χ4n) is 1.92. The molecule has 1 aliphatic heterocycles. The van der Waals surface area contributed by atoms with E-state index in [-0.39, 0.29) is 11.7 Å². The van der Waals surface area contributed by atoms with Crippen molar-refractivity contribution < 1.29 is 9.59 Å². The first-order valence-electron chi connectivity index (χ1n) is 6.02. The Balaban J connectivity index is 2.07. The average Bonchev–Trinajstić information content (AvgIpc) is 2.39. The molecule has 5 heteroatoms. The van der Waals surface area contributed by atoms with Crippen molar-refractivity contribution in [3.8, 4) is 0 Å². The molecule has 1 aromatic rings. The van der Waals surface area contributed by atoms with Gasteiger partial charge in [0, 0.05) is 46.2 Å². The van der Waals surface area contributed by atoms with Crippen LogP contribution in [0.2, 0.25) is 0 Å². The van der Waals surface area contributed by atoms with E-state index in [9.17, 15) is 9.59 Å². The summed E-state index contributed by atoms with van der Waals surface area (Å²) in [4.78, 5) is 31.1. The van der Waals surface area contributed by atoms with Crippen molar-refractivity contribution in [1.82, 2.24) is 9.88 Å². The number of amides is 1. The van der Waals surface area contributed by atoms with Crippen LogP contribution < -0.4 is 4.90 Å². The molecule has 2 heterocycles. The van der Waals surface area contributed by atoms with Gasteiger partial charge in [-0.25, -0.2) is 4.98 Å². The second-order valence-electron chi connectivity index (χ2n) is 4.63. The summed E-state index contributed by atoms with van der Waals surface area (Å²) in [7, 11) is 3.81. The van der Waals surface area contributed by atoms with Gasteiger partial charge in [0.25, 0.3) is 5.91 Å². The van der Waals surface area contributed by atoms with Crippen LogP contribution in [0, 0.1) is 0 Å². The second kappa shape index (κ2) is 5.16. The van der Waals surface area contributed by atoms with E-state index in [1.807, 2.05) is 25.1 Å². The molecule has 0 N–H and O–H groups in total. The first-order chi connectivity index (χ1) is 8.58. The number of likely N-dealkylation sites (tertiary alicyclic amines) is 1. The summed E-state index contributed by atoms with van der Waals surface area (Å²) in [6.07, 6.45) is 2.53. The number of ketones is 1. The predicted molar refractivity (Wildman–Crippen MR) is 68.7 cm³/mol. The Bertz CT molecular complexity index is 444. The fraction of sp³-hybridized carbons (Fsp3) is 0.462. The van der Waals surface area contributed by atoms with Crippen molar-refractivity contribution >= 4 is 17.5 Å². The number of carbonyl (C=O) groups is 2. The molecule has 1 saturated heterocycles. The Morgan fingerprint density at radius 1 is 1.28 bits per heavy atom. The van der Waals surface area contributed by atoms with Gasteiger partial charge in [0.15, 0.2) is 0 Å². The Morgan fingerprint density at radius 2 is 1.94 bits per heavy atom. The molecule has 5 nitrogen and oxygen atoms in total. The summed E-state index contributed by atoms with van der Waals surface area (Å²) in [5, 5.41) is 0. The number of anilines is 1. The van der Waals surface area contributed by atoms with Crippen molar-refractivity contribution in [2.45, 2.75) is 12.8 Å². The second-order valence-corrected chi connectivity index (χ2v) is 4.63. The van der Waals surface area contributed by atoms with Gasteiger partial charge in [0.05, 0.1) is 5.56 Å². The average molecular weight is 247 g/mol. The Morgan fingerprint density at radius 3 is 2.44 bits per heavy atom. The normalized spacial score (nSPS) is 15.7. The van der Waals surface area contributed by atoms with E-state index in [0.717, 1.165) is 5.82 Å². The van der Waals surface area contributed by atoms with E-state index >= 15 is 0 Å². The van der Waals surface area contributed by atoms with Gasteiger partial charge < -0.3 is 9.80 Å². The molecule has 0 atom stereocenters. The Hall–Kier alpha value is -1.91. The van der Waals surface area contributed by atoms with Crippen molar-refractivity contribution in [3.63, 3.8) is 0 Å². The lowest BCUT2D eigenvalue weighted by atomic mass is 10.1. The molecule has 0 bridgehead atoms. The summed E-state index contributed by atoms with van der Waals surface area (Å²) >= 11 is 0. The highest BCUT2D eigenvalue weighted by atomic mass is 16.2. The number of piperidine rings is 1.